The summed E-state index contributed by atoms with van der Waals surface area (Å²) in [5.74, 6) is 0.563. The van der Waals surface area contributed by atoms with Crippen molar-refractivity contribution in [1.29, 1.82) is 5.26 Å². The molecule has 0 aliphatic rings. The monoisotopic (exact) mass is 444 g/mol. The maximum Gasteiger partial charge on any atom is 0.247 e. The average Bonchev–Trinajstić information content (AvgIpc) is 3.27. The number of nitrogens with one attached hydrogen (secondary N) is 1. The molecule has 0 unspecified atom stereocenters. The number of anilines is 2. The van der Waals surface area contributed by atoms with Crippen LogP contribution in [0, 0.1) is 11.3 Å². The van der Waals surface area contributed by atoms with Gasteiger partial charge in [-0.15, -0.1) is 5.10 Å². The van der Waals surface area contributed by atoms with Crippen LogP contribution in [0.15, 0.2) is 91.3 Å². The van der Waals surface area contributed by atoms with Crippen LogP contribution in [0.3, 0.4) is 0 Å². The van der Waals surface area contributed by atoms with Crippen molar-refractivity contribution < 1.29 is 4.79 Å². The lowest BCUT2D eigenvalue weighted by Crippen LogP contribution is -2.06. The maximum absolute atomic E-state index is 12.4. The summed E-state index contributed by atoms with van der Waals surface area (Å²) in [5, 5.41) is 16.8. The van der Waals surface area contributed by atoms with Crippen LogP contribution in [0.25, 0.3) is 16.9 Å². The molecule has 0 bridgehead atoms. The van der Waals surface area contributed by atoms with Crippen molar-refractivity contribution in [2.75, 3.05) is 5.32 Å². The average molecular weight is 444 g/mol. The van der Waals surface area contributed by atoms with Crippen molar-refractivity contribution in [3.63, 3.8) is 0 Å². The van der Waals surface area contributed by atoms with Gasteiger partial charge < -0.3 is 5.32 Å². The summed E-state index contributed by atoms with van der Waals surface area (Å²) in [6.07, 6.45) is 4.28. The first-order valence-electron chi connectivity index (χ1n) is 10.8. The fraction of sp³-hybridized carbons (Fsp3) is 0.0741. The first-order chi connectivity index (χ1) is 16.7. The first kappa shape index (κ1) is 21.0. The van der Waals surface area contributed by atoms with Gasteiger partial charge in [0.2, 0.25) is 5.95 Å². The van der Waals surface area contributed by atoms with Crippen LogP contribution in [0.4, 0.5) is 11.6 Å². The minimum atomic E-state index is 0.180. The minimum Gasteiger partial charge on any atom is -0.322 e. The molecule has 5 aromatic rings. The third-order valence-corrected chi connectivity index (χ3v) is 5.41. The Hall–Kier alpha value is -4.83. The molecular formula is C27H20N6O. The molecule has 5 rings (SSSR count). The minimum absolute atomic E-state index is 0.180. The smallest absolute Gasteiger partial charge is 0.247 e. The summed E-state index contributed by atoms with van der Waals surface area (Å²) in [5.41, 5.74) is 5.40. The van der Waals surface area contributed by atoms with Crippen LogP contribution in [0.2, 0.25) is 0 Å². The molecule has 164 valence electrons. The highest BCUT2D eigenvalue weighted by molar-refractivity contribution is 5.83. The molecule has 0 atom stereocenters. The van der Waals surface area contributed by atoms with Gasteiger partial charge in [-0.1, -0.05) is 66.7 Å². The number of hydrogen-bond donors (Lipinski definition) is 1. The lowest BCUT2D eigenvalue weighted by molar-refractivity contribution is -0.117. The summed E-state index contributed by atoms with van der Waals surface area (Å²) in [4.78, 5) is 21.3. The second-order valence-corrected chi connectivity index (χ2v) is 7.87. The molecule has 0 saturated heterocycles. The topological polar surface area (TPSA) is 96.0 Å². The number of para-hydroxylation sites is 1. The molecule has 7 heteroatoms. The Labute approximate surface area is 196 Å². The Morgan fingerprint density at radius 2 is 1.62 bits per heavy atom. The van der Waals surface area contributed by atoms with E-state index >= 15 is 0 Å². The van der Waals surface area contributed by atoms with E-state index < -0.39 is 0 Å². The van der Waals surface area contributed by atoms with E-state index in [1.54, 1.807) is 29.0 Å². The molecule has 3 aromatic carbocycles. The molecule has 34 heavy (non-hydrogen) atoms. The second-order valence-electron chi connectivity index (χ2n) is 7.87. The van der Waals surface area contributed by atoms with E-state index in [1.165, 1.54) is 0 Å². The molecule has 2 aromatic heterocycles. The summed E-state index contributed by atoms with van der Waals surface area (Å²) in [6.45, 7) is 0. The molecule has 2 heterocycles. The Balaban J connectivity index is 1.30. The van der Waals surface area contributed by atoms with E-state index in [-0.39, 0.29) is 5.78 Å². The molecule has 0 amide bonds. The maximum atomic E-state index is 12.4. The Kier molecular flexibility index (Phi) is 5.78. The van der Waals surface area contributed by atoms with Crippen molar-refractivity contribution in [3.05, 3.63) is 108 Å². The predicted octanol–water partition coefficient (Wildman–Crippen LogP) is 4.76. The number of nitriles is 1. The van der Waals surface area contributed by atoms with Crippen molar-refractivity contribution >= 4 is 23.1 Å². The SMILES string of the molecule is N#Cc1ccccc1Nc1nc2cnc(-c3ccc(CC(=O)Cc4ccccc4)cc3)cn2n1. The van der Waals surface area contributed by atoms with E-state index in [4.69, 9.17) is 0 Å². The van der Waals surface area contributed by atoms with Crippen LogP contribution >= 0.6 is 0 Å². The third-order valence-electron chi connectivity index (χ3n) is 5.41. The highest BCUT2D eigenvalue weighted by atomic mass is 16.1. The summed E-state index contributed by atoms with van der Waals surface area (Å²) >= 11 is 0. The van der Waals surface area contributed by atoms with Gasteiger partial charge in [0.1, 0.15) is 11.9 Å². The van der Waals surface area contributed by atoms with Crippen molar-refractivity contribution in [2.24, 2.45) is 0 Å². The van der Waals surface area contributed by atoms with Crippen molar-refractivity contribution in [3.8, 4) is 17.3 Å². The van der Waals surface area contributed by atoms with Crippen LogP contribution in [0.5, 0.6) is 0 Å². The second kappa shape index (κ2) is 9.35. The van der Waals surface area contributed by atoms with Crippen molar-refractivity contribution in [1.82, 2.24) is 19.6 Å². The number of Topliss-reactive ketones (excluding diaryl/α,β-unsaturated/α-hetero) is 1. The fourth-order valence-electron chi connectivity index (χ4n) is 3.71. The number of rotatable bonds is 7. The molecular weight excluding hydrogens is 424 g/mol. The zero-order valence-electron chi connectivity index (χ0n) is 18.2. The van der Waals surface area contributed by atoms with Gasteiger partial charge in [0.25, 0.3) is 0 Å². The van der Waals surface area contributed by atoms with Crippen LogP contribution in [0.1, 0.15) is 16.7 Å². The highest BCUT2D eigenvalue weighted by Crippen LogP contribution is 2.21. The molecule has 7 nitrogen and oxygen atoms in total. The quantitative estimate of drug-likeness (QED) is 0.389. The van der Waals surface area contributed by atoms with Crippen molar-refractivity contribution in [2.45, 2.75) is 12.8 Å². The van der Waals surface area contributed by atoms with E-state index in [9.17, 15) is 10.1 Å². The third kappa shape index (κ3) is 4.66. The summed E-state index contributed by atoms with van der Waals surface area (Å²) in [7, 11) is 0. The fourth-order valence-corrected chi connectivity index (χ4v) is 3.71. The standard InChI is InChI=1S/C27H20N6O/c28-16-22-8-4-5-9-24(22)30-27-31-26-17-29-25(18-33(26)32-27)21-12-10-20(11-13-21)15-23(34)14-19-6-2-1-3-7-19/h1-13,17-18H,14-15H2,(H,30,32). The predicted molar refractivity (Wildman–Crippen MR) is 130 cm³/mol. The normalized spacial score (nSPS) is 10.7. The largest absolute Gasteiger partial charge is 0.322 e. The molecule has 0 radical (unpaired) electrons. The van der Waals surface area contributed by atoms with E-state index in [1.807, 2.05) is 66.7 Å². The number of benzene rings is 3. The number of hydrogen-bond acceptors (Lipinski definition) is 6. The van der Waals surface area contributed by atoms with Gasteiger partial charge in [-0.05, 0) is 23.3 Å². The van der Waals surface area contributed by atoms with Crippen LogP contribution in [-0.4, -0.2) is 25.4 Å². The molecule has 0 saturated carbocycles. The molecule has 1 N–H and O–H groups in total. The number of carbonyl (C=O) groups excluding carboxylic acids is 1. The number of ketones is 1. The molecule has 0 spiro atoms. The summed E-state index contributed by atoms with van der Waals surface area (Å²) < 4.78 is 1.65. The van der Waals surface area contributed by atoms with Gasteiger partial charge >= 0.3 is 0 Å². The Morgan fingerprint density at radius 3 is 2.38 bits per heavy atom. The van der Waals surface area contributed by atoms with E-state index in [2.05, 4.69) is 26.5 Å². The van der Waals surface area contributed by atoms with Gasteiger partial charge in [0.15, 0.2) is 5.65 Å². The lowest BCUT2D eigenvalue weighted by atomic mass is 10.0. The van der Waals surface area contributed by atoms with E-state index in [0.717, 1.165) is 22.4 Å². The van der Waals surface area contributed by atoms with E-state index in [0.29, 0.717) is 35.7 Å². The number of nitrogens with zero attached hydrogens (tertiary/aromatic N) is 5. The van der Waals surface area contributed by atoms with Crippen LogP contribution < -0.4 is 5.32 Å². The summed E-state index contributed by atoms with van der Waals surface area (Å²) in [6, 6.07) is 26.9. The van der Waals surface area contributed by atoms with Gasteiger partial charge in [0.05, 0.1) is 29.3 Å². The zero-order valence-corrected chi connectivity index (χ0v) is 18.2. The molecule has 0 aliphatic heterocycles. The number of fused-ring (bicyclic) bond motifs is 1. The molecule has 0 aliphatic carbocycles. The van der Waals surface area contributed by atoms with Gasteiger partial charge in [-0.3, -0.25) is 9.78 Å². The molecule has 0 fully saturated rings. The zero-order chi connectivity index (χ0) is 23.3. The number of carbonyl (C=O) groups is 1. The first-order valence-corrected chi connectivity index (χ1v) is 10.8. The van der Waals surface area contributed by atoms with Crippen LogP contribution in [-0.2, 0) is 17.6 Å². The van der Waals surface area contributed by atoms with Gasteiger partial charge in [-0.25, -0.2) is 4.52 Å². The van der Waals surface area contributed by atoms with Gasteiger partial charge in [-0.2, -0.15) is 10.2 Å². The highest BCUT2D eigenvalue weighted by Gasteiger charge is 2.10. The van der Waals surface area contributed by atoms with Gasteiger partial charge in [0, 0.05) is 18.4 Å². The Bertz CT molecular complexity index is 1500. The Morgan fingerprint density at radius 1 is 0.912 bits per heavy atom. The lowest BCUT2D eigenvalue weighted by Gasteiger charge is -2.05. The number of aromatic nitrogens is 4.